The van der Waals surface area contributed by atoms with E-state index >= 15 is 0 Å². The molecule has 1 aromatic carbocycles. The Bertz CT molecular complexity index is 834. The molecule has 0 amide bonds. The van der Waals surface area contributed by atoms with Gasteiger partial charge in [0.15, 0.2) is 0 Å². The van der Waals surface area contributed by atoms with Crippen LogP contribution in [0.25, 0.3) is 5.57 Å². The number of piperidine rings is 1. The standard InChI is InChI=1S/C20H21BrN2O/c1-12-8-14-2-3-15-10-16(21)11-23-20(15)19(18(14)17(24)9-12)13-4-6-22-7-5-13/h8-11,22,24H,2-7H2,1H3. The number of aryl methyl sites for hydroxylation is 3. The maximum atomic E-state index is 10.8. The Morgan fingerprint density at radius 2 is 1.79 bits per heavy atom. The second kappa shape index (κ2) is 6.34. The van der Waals surface area contributed by atoms with Crippen molar-refractivity contribution in [3.63, 3.8) is 0 Å². The van der Waals surface area contributed by atoms with Gasteiger partial charge in [-0.25, -0.2) is 0 Å². The minimum atomic E-state index is 0.392. The molecular weight excluding hydrogens is 364 g/mol. The van der Waals surface area contributed by atoms with Crippen LogP contribution in [-0.2, 0) is 12.8 Å². The molecule has 0 atom stereocenters. The van der Waals surface area contributed by atoms with Crippen molar-refractivity contribution in [1.82, 2.24) is 10.3 Å². The summed E-state index contributed by atoms with van der Waals surface area (Å²) in [5.41, 5.74) is 8.25. The summed E-state index contributed by atoms with van der Waals surface area (Å²) in [6, 6.07) is 6.28. The van der Waals surface area contributed by atoms with Gasteiger partial charge in [0, 0.05) is 21.8 Å². The number of rotatable bonds is 0. The molecule has 24 heavy (non-hydrogen) atoms. The third-order valence-corrected chi connectivity index (χ3v) is 5.42. The highest BCUT2D eigenvalue weighted by Gasteiger charge is 2.26. The fourth-order valence-electron chi connectivity index (χ4n) is 3.93. The summed E-state index contributed by atoms with van der Waals surface area (Å²) >= 11 is 3.56. The Morgan fingerprint density at radius 1 is 1.04 bits per heavy atom. The number of halogens is 1. The highest BCUT2D eigenvalue weighted by molar-refractivity contribution is 9.10. The first-order chi connectivity index (χ1) is 11.6. The zero-order valence-electron chi connectivity index (χ0n) is 13.8. The van der Waals surface area contributed by atoms with Gasteiger partial charge in [0.1, 0.15) is 5.75 Å². The van der Waals surface area contributed by atoms with E-state index in [0.29, 0.717) is 5.75 Å². The Morgan fingerprint density at radius 3 is 2.58 bits per heavy atom. The van der Waals surface area contributed by atoms with Crippen LogP contribution in [0.4, 0.5) is 0 Å². The number of fused-ring (bicyclic) bond motifs is 2. The van der Waals surface area contributed by atoms with Crippen LogP contribution in [-0.4, -0.2) is 23.2 Å². The molecule has 0 unspecified atom stereocenters. The molecule has 0 spiro atoms. The number of aromatic hydroxyl groups is 1. The van der Waals surface area contributed by atoms with Crippen LogP contribution in [0.3, 0.4) is 0 Å². The van der Waals surface area contributed by atoms with Gasteiger partial charge in [0.05, 0.1) is 5.69 Å². The SMILES string of the molecule is Cc1cc(O)c2c(c1)CCc1cc(Br)cnc1C2=C1CCNCC1. The van der Waals surface area contributed by atoms with Gasteiger partial charge in [-0.3, -0.25) is 4.98 Å². The van der Waals surface area contributed by atoms with E-state index in [1.165, 1.54) is 22.3 Å². The lowest BCUT2D eigenvalue weighted by Gasteiger charge is -2.22. The van der Waals surface area contributed by atoms with Crippen LogP contribution < -0.4 is 5.32 Å². The summed E-state index contributed by atoms with van der Waals surface area (Å²) in [4.78, 5) is 4.76. The van der Waals surface area contributed by atoms with Crippen molar-refractivity contribution in [2.75, 3.05) is 13.1 Å². The second-order valence-corrected chi connectivity index (χ2v) is 7.62. The maximum Gasteiger partial charge on any atom is 0.124 e. The molecule has 2 N–H and O–H groups in total. The fraction of sp³-hybridized carbons (Fsp3) is 0.350. The van der Waals surface area contributed by atoms with E-state index in [1.807, 2.05) is 19.2 Å². The van der Waals surface area contributed by atoms with E-state index in [1.54, 1.807) is 0 Å². The molecule has 1 aliphatic carbocycles. The molecule has 2 aromatic rings. The Hall–Kier alpha value is -1.65. The number of benzene rings is 1. The number of nitrogens with zero attached hydrogens (tertiary/aromatic N) is 1. The Labute approximate surface area is 151 Å². The van der Waals surface area contributed by atoms with Crippen LogP contribution in [0, 0.1) is 6.92 Å². The van der Waals surface area contributed by atoms with Crippen molar-refractivity contribution in [3.05, 3.63) is 62.4 Å². The van der Waals surface area contributed by atoms with Crippen molar-refractivity contribution in [2.24, 2.45) is 0 Å². The molecule has 1 fully saturated rings. The molecule has 3 nitrogen and oxygen atoms in total. The van der Waals surface area contributed by atoms with Crippen molar-refractivity contribution >= 4 is 21.5 Å². The molecular formula is C20H21BrN2O. The summed E-state index contributed by atoms with van der Waals surface area (Å²) in [5, 5.41) is 14.2. The maximum absolute atomic E-state index is 10.8. The van der Waals surface area contributed by atoms with Crippen molar-refractivity contribution in [3.8, 4) is 5.75 Å². The zero-order valence-corrected chi connectivity index (χ0v) is 15.4. The molecule has 1 saturated heterocycles. The van der Waals surface area contributed by atoms with Crippen molar-refractivity contribution in [1.29, 1.82) is 0 Å². The average molecular weight is 385 g/mol. The Balaban J connectivity index is 2.02. The van der Waals surface area contributed by atoms with Gasteiger partial charge in [0.2, 0.25) is 0 Å². The van der Waals surface area contributed by atoms with E-state index in [4.69, 9.17) is 4.98 Å². The van der Waals surface area contributed by atoms with Crippen LogP contribution in [0.15, 0.2) is 34.4 Å². The average Bonchev–Trinajstić information content (AvgIpc) is 2.72. The lowest BCUT2D eigenvalue weighted by Crippen LogP contribution is -2.24. The highest BCUT2D eigenvalue weighted by atomic mass is 79.9. The number of nitrogens with one attached hydrogen (secondary N) is 1. The molecule has 1 aromatic heterocycles. The lowest BCUT2D eigenvalue weighted by molar-refractivity contribution is 0.472. The molecule has 2 aliphatic rings. The first-order valence-electron chi connectivity index (χ1n) is 8.54. The molecule has 0 saturated carbocycles. The number of phenolic OH excluding ortho intramolecular Hbond substituents is 1. The molecule has 0 bridgehead atoms. The number of pyridine rings is 1. The van der Waals surface area contributed by atoms with E-state index in [2.05, 4.69) is 33.4 Å². The van der Waals surface area contributed by atoms with E-state index in [0.717, 1.165) is 60.1 Å². The van der Waals surface area contributed by atoms with Crippen LogP contribution in [0.2, 0.25) is 0 Å². The third-order valence-electron chi connectivity index (χ3n) is 4.99. The summed E-state index contributed by atoms with van der Waals surface area (Å²) in [7, 11) is 0. The molecule has 4 rings (SSSR count). The van der Waals surface area contributed by atoms with Crippen molar-refractivity contribution < 1.29 is 5.11 Å². The topological polar surface area (TPSA) is 45.2 Å². The molecule has 4 heteroatoms. The predicted molar refractivity (Wildman–Crippen MR) is 100 cm³/mol. The van der Waals surface area contributed by atoms with E-state index in [9.17, 15) is 5.11 Å². The third kappa shape index (κ3) is 2.78. The molecule has 1 aliphatic heterocycles. The van der Waals surface area contributed by atoms with Crippen LogP contribution in [0.1, 0.15) is 40.8 Å². The molecule has 0 radical (unpaired) electrons. The van der Waals surface area contributed by atoms with Gasteiger partial charge in [-0.1, -0.05) is 11.6 Å². The fourth-order valence-corrected chi connectivity index (χ4v) is 4.31. The quantitative estimate of drug-likeness (QED) is 0.717. The van der Waals surface area contributed by atoms with Gasteiger partial charge >= 0.3 is 0 Å². The highest BCUT2D eigenvalue weighted by Crippen LogP contribution is 2.42. The monoisotopic (exact) mass is 384 g/mol. The molecule has 124 valence electrons. The first kappa shape index (κ1) is 15.9. The minimum Gasteiger partial charge on any atom is -0.507 e. The van der Waals surface area contributed by atoms with Crippen molar-refractivity contribution in [2.45, 2.75) is 32.6 Å². The van der Waals surface area contributed by atoms with Gasteiger partial charge in [-0.05, 0) is 90.4 Å². The Kier molecular flexibility index (Phi) is 4.19. The number of aromatic nitrogens is 1. The summed E-state index contributed by atoms with van der Waals surface area (Å²) < 4.78 is 1.02. The van der Waals surface area contributed by atoms with Crippen LogP contribution >= 0.6 is 15.9 Å². The summed E-state index contributed by atoms with van der Waals surface area (Å²) in [6.07, 6.45) is 5.78. The predicted octanol–water partition coefficient (Wildman–Crippen LogP) is 4.14. The van der Waals surface area contributed by atoms with Gasteiger partial charge in [0.25, 0.3) is 0 Å². The van der Waals surface area contributed by atoms with Crippen LogP contribution in [0.5, 0.6) is 5.75 Å². The number of hydrogen-bond donors (Lipinski definition) is 2. The number of hydrogen-bond acceptors (Lipinski definition) is 3. The smallest absolute Gasteiger partial charge is 0.124 e. The zero-order chi connectivity index (χ0) is 16.7. The van der Waals surface area contributed by atoms with Gasteiger partial charge in [-0.15, -0.1) is 0 Å². The van der Waals surface area contributed by atoms with Gasteiger partial charge in [-0.2, -0.15) is 0 Å². The normalized spacial score (nSPS) is 17.2. The van der Waals surface area contributed by atoms with E-state index < -0.39 is 0 Å². The largest absolute Gasteiger partial charge is 0.507 e. The molecule has 2 heterocycles. The minimum absolute atomic E-state index is 0.392. The summed E-state index contributed by atoms with van der Waals surface area (Å²) in [5.74, 6) is 0.392. The summed E-state index contributed by atoms with van der Waals surface area (Å²) in [6.45, 7) is 4.03. The lowest BCUT2D eigenvalue weighted by atomic mass is 9.88. The van der Waals surface area contributed by atoms with Gasteiger partial charge < -0.3 is 10.4 Å². The van der Waals surface area contributed by atoms with E-state index in [-0.39, 0.29) is 0 Å². The second-order valence-electron chi connectivity index (χ2n) is 6.71. The first-order valence-corrected chi connectivity index (χ1v) is 9.33. The number of phenols is 1.